The van der Waals surface area contributed by atoms with Crippen LogP contribution in [0, 0.1) is 6.92 Å². The minimum Gasteiger partial charge on any atom is -0.457 e. The third-order valence-electron chi connectivity index (χ3n) is 4.28. The van der Waals surface area contributed by atoms with Gasteiger partial charge in [-0.3, -0.25) is 4.79 Å². The average Bonchev–Trinajstić information content (AvgIpc) is 3.12. The molecule has 2 aromatic carbocycles. The number of likely N-dealkylation sites (tertiary alicyclic amines) is 1. The van der Waals surface area contributed by atoms with Gasteiger partial charge in [-0.05, 0) is 63.1 Å². The van der Waals surface area contributed by atoms with Crippen LogP contribution >= 0.6 is 0 Å². The Hall–Kier alpha value is -2.49. The molecule has 0 radical (unpaired) electrons. The number of anilines is 1. The molecule has 1 atom stereocenters. The number of nitrogens with one attached hydrogen (secondary N) is 1. The van der Waals surface area contributed by atoms with Crippen LogP contribution < -0.4 is 10.1 Å². The largest absolute Gasteiger partial charge is 0.457 e. The van der Waals surface area contributed by atoms with Crippen LogP contribution in [0.4, 0.5) is 5.69 Å². The highest BCUT2D eigenvalue weighted by Gasteiger charge is 2.22. The Labute approximate surface area is 143 Å². The van der Waals surface area contributed by atoms with Gasteiger partial charge in [-0.25, -0.2) is 0 Å². The van der Waals surface area contributed by atoms with Gasteiger partial charge in [0.15, 0.2) is 0 Å². The first kappa shape index (κ1) is 16.4. The molecule has 1 aliphatic heterocycles. The lowest BCUT2D eigenvalue weighted by Crippen LogP contribution is -2.39. The highest BCUT2D eigenvalue weighted by Crippen LogP contribution is 2.23. The van der Waals surface area contributed by atoms with Crippen molar-refractivity contribution >= 4 is 11.6 Å². The van der Waals surface area contributed by atoms with Crippen LogP contribution in [-0.4, -0.2) is 29.9 Å². The van der Waals surface area contributed by atoms with Gasteiger partial charge in [0, 0.05) is 18.8 Å². The summed E-state index contributed by atoms with van der Waals surface area (Å²) in [6.45, 7) is 5.73. The number of ether oxygens (including phenoxy) is 1. The number of hydrogen-bond donors (Lipinski definition) is 1. The molecule has 3 rings (SSSR count). The predicted molar refractivity (Wildman–Crippen MR) is 96.6 cm³/mol. The van der Waals surface area contributed by atoms with Crippen molar-refractivity contribution in [1.82, 2.24) is 4.90 Å². The van der Waals surface area contributed by atoms with Crippen molar-refractivity contribution in [2.24, 2.45) is 0 Å². The highest BCUT2D eigenvalue weighted by molar-refractivity contribution is 5.84. The SMILES string of the molecule is Cc1ccc(Oc2ccc(NC(C)C(=O)N3CCCC3)cc2)cc1. The fraction of sp³-hybridized carbons (Fsp3) is 0.350. The molecule has 24 heavy (non-hydrogen) atoms. The van der Waals surface area contributed by atoms with E-state index in [9.17, 15) is 4.79 Å². The first-order chi connectivity index (χ1) is 11.6. The van der Waals surface area contributed by atoms with Gasteiger partial charge in [0.1, 0.15) is 17.5 Å². The molecule has 1 aliphatic rings. The second-order valence-electron chi connectivity index (χ2n) is 6.34. The molecule has 0 aliphatic carbocycles. The lowest BCUT2D eigenvalue weighted by molar-refractivity contribution is -0.130. The molecule has 1 N–H and O–H groups in total. The normalized spacial score (nSPS) is 15.2. The van der Waals surface area contributed by atoms with Gasteiger partial charge in [0.05, 0.1) is 0 Å². The smallest absolute Gasteiger partial charge is 0.244 e. The Kier molecular flexibility index (Phi) is 5.04. The minimum atomic E-state index is -0.216. The van der Waals surface area contributed by atoms with Crippen molar-refractivity contribution in [2.45, 2.75) is 32.7 Å². The third-order valence-corrected chi connectivity index (χ3v) is 4.28. The standard InChI is InChI=1S/C20H24N2O2/c1-15-5-9-18(10-6-15)24-19-11-7-17(8-12-19)21-16(2)20(23)22-13-3-4-14-22/h5-12,16,21H,3-4,13-14H2,1-2H3. The molecule has 0 saturated carbocycles. The molecule has 1 heterocycles. The number of nitrogens with zero attached hydrogens (tertiary/aromatic N) is 1. The Bertz CT molecular complexity index is 674. The van der Waals surface area contributed by atoms with E-state index in [-0.39, 0.29) is 11.9 Å². The highest BCUT2D eigenvalue weighted by atomic mass is 16.5. The molecule has 1 fully saturated rings. The van der Waals surface area contributed by atoms with Gasteiger partial charge in [0.25, 0.3) is 0 Å². The van der Waals surface area contributed by atoms with E-state index in [0.29, 0.717) is 0 Å². The Morgan fingerprint density at radius 3 is 2.12 bits per heavy atom. The Morgan fingerprint density at radius 1 is 1.00 bits per heavy atom. The average molecular weight is 324 g/mol. The lowest BCUT2D eigenvalue weighted by atomic mass is 10.2. The summed E-state index contributed by atoms with van der Waals surface area (Å²) in [6, 6.07) is 15.5. The fourth-order valence-electron chi connectivity index (χ4n) is 2.88. The maximum atomic E-state index is 12.3. The molecule has 4 heteroatoms. The first-order valence-corrected chi connectivity index (χ1v) is 8.52. The molecule has 0 aromatic heterocycles. The fourth-order valence-corrected chi connectivity index (χ4v) is 2.88. The quantitative estimate of drug-likeness (QED) is 0.896. The van der Waals surface area contributed by atoms with Crippen molar-refractivity contribution in [3.05, 3.63) is 54.1 Å². The monoisotopic (exact) mass is 324 g/mol. The van der Waals surface area contributed by atoms with Gasteiger partial charge in [-0.2, -0.15) is 0 Å². The molecule has 0 spiro atoms. The van der Waals surface area contributed by atoms with Crippen LogP contribution in [-0.2, 0) is 4.79 Å². The van der Waals surface area contributed by atoms with E-state index in [2.05, 4.69) is 12.2 Å². The first-order valence-electron chi connectivity index (χ1n) is 8.52. The number of hydrogen-bond acceptors (Lipinski definition) is 3. The maximum absolute atomic E-state index is 12.3. The van der Waals surface area contributed by atoms with E-state index in [0.717, 1.165) is 43.1 Å². The topological polar surface area (TPSA) is 41.6 Å². The number of carbonyl (C=O) groups excluding carboxylic acids is 1. The summed E-state index contributed by atoms with van der Waals surface area (Å²) in [6.07, 6.45) is 2.23. The second-order valence-corrected chi connectivity index (χ2v) is 6.34. The summed E-state index contributed by atoms with van der Waals surface area (Å²) >= 11 is 0. The van der Waals surface area contributed by atoms with Gasteiger partial charge in [0.2, 0.25) is 5.91 Å². The van der Waals surface area contributed by atoms with E-state index in [1.165, 1.54) is 5.56 Å². The van der Waals surface area contributed by atoms with E-state index >= 15 is 0 Å². The molecular formula is C20H24N2O2. The lowest BCUT2D eigenvalue weighted by Gasteiger charge is -2.22. The number of benzene rings is 2. The summed E-state index contributed by atoms with van der Waals surface area (Å²) in [5.41, 5.74) is 2.13. The molecule has 1 saturated heterocycles. The van der Waals surface area contributed by atoms with Crippen LogP contribution in [0.1, 0.15) is 25.3 Å². The Balaban J connectivity index is 1.57. The van der Waals surface area contributed by atoms with Crippen molar-refractivity contribution in [3.8, 4) is 11.5 Å². The van der Waals surface area contributed by atoms with Crippen LogP contribution in [0.2, 0.25) is 0 Å². The van der Waals surface area contributed by atoms with E-state index < -0.39 is 0 Å². The molecule has 126 valence electrons. The van der Waals surface area contributed by atoms with Crippen LogP contribution in [0.3, 0.4) is 0 Å². The number of rotatable bonds is 5. The summed E-state index contributed by atoms with van der Waals surface area (Å²) in [5, 5.41) is 3.27. The van der Waals surface area contributed by atoms with E-state index in [4.69, 9.17) is 4.74 Å². The summed E-state index contributed by atoms with van der Waals surface area (Å²) in [7, 11) is 0. The maximum Gasteiger partial charge on any atom is 0.244 e. The molecule has 0 bridgehead atoms. The van der Waals surface area contributed by atoms with Gasteiger partial charge < -0.3 is 15.0 Å². The summed E-state index contributed by atoms with van der Waals surface area (Å²) in [5.74, 6) is 1.77. The molecule has 2 aromatic rings. The van der Waals surface area contributed by atoms with Crippen molar-refractivity contribution in [1.29, 1.82) is 0 Å². The van der Waals surface area contributed by atoms with Crippen LogP contribution in [0.5, 0.6) is 11.5 Å². The van der Waals surface area contributed by atoms with E-state index in [1.54, 1.807) is 0 Å². The van der Waals surface area contributed by atoms with Gasteiger partial charge in [-0.1, -0.05) is 17.7 Å². The molecular weight excluding hydrogens is 300 g/mol. The zero-order valence-electron chi connectivity index (χ0n) is 14.3. The summed E-state index contributed by atoms with van der Waals surface area (Å²) in [4.78, 5) is 14.3. The third kappa shape index (κ3) is 4.07. The van der Waals surface area contributed by atoms with E-state index in [1.807, 2.05) is 60.4 Å². The van der Waals surface area contributed by atoms with Crippen LogP contribution in [0.25, 0.3) is 0 Å². The molecule has 1 amide bonds. The number of amides is 1. The zero-order valence-corrected chi connectivity index (χ0v) is 14.3. The number of carbonyl (C=O) groups is 1. The predicted octanol–water partition coefficient (Wildman–Crippen LogP) is 4.21. The van der Waals surface area contributed by atoms with Gasteiger partial charge >= 0.3 is 0 Å². The minimum absolute atomic E-state index is 0.174. The Morgan fingerprint density at radius 2 is 1.54 bits per heavy atom. The zero-order chi connectivity index (χ0) is 16.9. The van der Waals surface area contributed by atoms with Gasteiger partial charge in [-0.15, -0.1) is 0 Å². The molecule has 1 unspecified atom stereocenters. The number of aryl methyl sites for hydroxylation is 1. The van der Waals surface area contributed by atoms with Crippen molar-refractivity contribution in [2.75, 3.05) is 18.4 Å². The van der Waals surface area contributed by atoms with Crippen molar-refractivity contribution in [3.63, 3.8) is 0 Å². The summed E-state index contributed by atoms with van der Waals surface area (Å²) < 4.78 is 5.82. The van der Waals surface area contributed by atoms with Crippen molar-refractivity contribution < 1.29 is 9.53 Å². The molecule has 4 nitrogen and oxygen atoms in total. The van der Waals surface area contributed by atoms with Crippen LogP contribution in [0.15, 0.2) is 48.5 Å². The second kappa shape index (κ2) is 7.39.